The van der Waals surface area contributed by atoms with Crippen molar-refractivity contribution < 1.29 is 25.8 Å². The van der Waals surface area contributed by atoms with E-state index in [4.69, 9.17) is 14.7 Å². The molecule has 0 atom stereocenters. The van der Waals surface area contributed by atoms with Gasteiger partial charge >= 0.3 is 34.8 Å². The molecule has 0 spiro atoms. The van der Waals surface area contributed by atoms with Gasteiger partial charge in [0.15, 0.2) is 0 Å². The molecule has 0 amide bonds. The van der Waals surface area contributed by atoms with Gasteiger partial charge in [-0.3, -0.25) is 9.97 Å². The number of aryl methyl sites for hydroxylation is 4. The Morgan fingerprint density at radius 3 is 1.31 bits per heavy atom. The molecule has 0 N–H and O–H groups in total. The summed E-state index contributed by atoms with van der Waals surface area (Å²) in [5.74, 6) is 1.19. The first-order chi connectivity index (χ1) is 29.7. The first kappa shape index (κ1) is 38.4. The summed E-state index contributed by atoms with van der Waals surface area (Å²) in [6, 6.07) is 46.1. The molecule has 0 saturated carbocycles. The SMILES string of the molecule is Cc1cccc(C)c1B1c2c(nc3c4[c-]c(Oc5[c-]c6c(cc5)c5ccccc5n5c7c(nc65)C=CN(C)B7c5c(C)cccc5C)ccc4c4ccccc4n23)C=CN1C.[Pt+2]. The van der Waals surface area contributed by atoms with E-state index in [9.17, 15) is 0 Å². The third kappa shape index (κ3) is 5.50. The fourth-order valence-corrected chi connectivity index (χ4v) is 10.4. The third-order valence-corrected chi connectivity index (χ3v) is 13.2. The van der Waals surface area contributed by atoms with Crippen molar-refractivity contribution in [1.82, 2.24) is 28.4 Å². The second-order valence-corrected chi connectivity index (χ2v) is 16.8. The topological polar surface area (TPSA) is 50.3 Å². The van der Waals surface area contributed by atoms with Gasteiger partial charge in [0.25, 0.3) is 0 Å². The van der Waals surface area contributed by atoms with Crippen LogP contribution in [0.3, 0.4) is 0 Å². The first-order valence-electron chi connectivity index (χ1n) is 20.9. The van der Waals surface area contributed by atoms with Gasteiger partial charge in [-0.1, -0.05) is 141 Å². The zero-order chi connectivity index (χ0) is 41.3. The minimum Gasteiger partial charge on any atom is -0.497 e. The standard InChI is InChI=1S/C52H40B2N6O.Pt/c1-31-13-11-14-32(2)47(31)53-49-43(25-27-57(53)5)55-51-41-29-35(21-23-37(41)39-17-7-9-19-45(39)59(49)51)61-36-22-24-38-40-18-8-10-20-46(40)60-50-44(56-52(60)42(38)30-36)26-28-58(6)54(50)48-33(3)15-12-16-34(48)4;/h7-28H,1-6H3;/q-2;+2. The molecule has 300 valence electrons. The van der Waals surface area contributed by atoms with E-state index in [1.807, 2.05) is 12.1 Å². The minimum atomic E-state index is -0.0168. The second-order valence-electron chi connectivity index (χ2n) is 16.8. The van der Waals surface area contributed by atoms with E-state index in [1.54, 1.807) is 0 Å². The molecule has 2 aliphatic heterocycles. The number of pyridine rings is 2. The second kappa shape index (κ2) is 14.3. The zero-order valence-corrected chi connectivity index (χ0v) is 37.5. The molecular weight excluding hydrogens is 941 g/mol. The van der Waals surface area contributed by atoms with Gasteiger partial charge in [-0.25, -0.2) is 0 Å². The summed E-state index contributed by atoms with van der Waals surface area (Å²) in [6.45, 7) is 8.80. The molecule has 2 aliphatic rings. The van der Waals surface area contributed by atoms with Crippen molar-refractivity contribution in [2.45, 2.75) is 27.7 Å². The van der Waals surface area contributed by atoms with Gasteiger partial charge in [-0.2, -0.15) is 0 Å². The Labute approximate surface area is 375 Å². The Kier molecular flexibility index (Phi) is 8.82. The van der Waals surface area contributed by atoms with Gasteiger partial charge in [0.1, 0.15) is 0 Å². The van der Waals surface area contributed by atoms with E-state index in [0.29, 0.717) is 11.5 Å². The van der Waals surface area contributed by atoms with E-state index in [-0.39, 0.29) is 34.8 Å². The Balaban J connectivity index is 0.00000432. The van der Waals surface area contributed by atoms with Gasteiger partial charge in [-0.15, -0.1) is 12.1 Å². The number of benzene rings is 6. The molecule has 0 fully saturated rings. The normalized spacial score (nSPS) is 13.6. The number of para-hydroxylation sites is 2. The van der Waals surface area contributed by atoms with E-state index >= 15 is 0 Å². The van der Waals surface area contributed by atoms with Gasteiger partial charge in [0.2, 0.25) is 0 Å². The van der Waals surface area contributed by atoms with Crippen LogP contribution >= 0.6 is 0 Å². The van der Waals surface area contributed by atoms with Crippen molar-refractivity contribution in [3.63, 3.8) is 0 Å². The molecule has 6 heterocycles. The number of rotatable bonds is 4. The van der Waals surface area contributed by atoms with E-state index in [0.717, 1.165) is 77.2 Å². The molecule has 12 rings (SSSR count). The summed E-state index contributed by atoms with van der Waals surface area (Å²) >= 11 is 0. The van der Waals surface area contributed by atoms with Crippen LogP contribution in [0.15, 0.2) is 122 Å². The summed E-state index contributed by atoms with van der Waals surface area (Å²) in [6.07, 6.45) is 8.57. The molecule has 0 radical (unpaired) electrons. The fraction of sp³-hybridized carbons (Fsp3) is 0.115. The Morgan fingerprint density at radius 2 is 0.887 bits per heavy atom. The molecule has 0 unspecified atom stereocenters. The van der Waals surface area contributed by atoms with Crippen LogP contribution in [-0.4, -0.2) is 56.2 Å². The number of aromatic nitrogens is 4. The molecule has 0 aliphatic carbocycles. The molecule has 10 aromatic rings. The molecule has 0 bridgehead atoms. The minimum absolute atomic E-state index is 0. The van der Waals surface area contributed by atoms with Gasteiger partial charge in [0.05, 0.1) is 22.7 Å². The van der Waals surface area contributed by atoms with Crippen molar-refractivity contribution in [3.05, 3.63) is 167 Å². The number of hydrogen-bond acceptors (Lipinski definition) is 5. The smallest absolute Gasteiger partial charge is 0.497 e. The first-order valence-corrected chi connectivity index (χ1v) is 20.9. The number of imidazole rings is 2. The molecule has 0 saturated heterocycles. The third-order valence-electron chi connectivity index (χ3n) is 13.2. The van der Waals surface area contributed by atoms with Crippen LogP contribution in [-0.2, 0) is 21.1 Å². The maximum atomic E-state index is 6.77. The zero-order valence-electron chi connectivity index (χ0n) is 35.3. The van der Waals surface area contributed by atoms with Crippen molar-refractivity contribution in [2.75, 3.05) is 14.1 Å². The number of nitrogens with zero attached hydrogens (tertiary/aromatic N) is 6. The van der Waals surface area contributed by atoms with Crippen LogP contribution in [0.5, 0.6) is 11.5 Å². The summed E-state index contributed by atoms with van der Waals surface area (Å²) < 4.78 is 11.5. The van der Waals surface area contributed by atoms with Crippen LogP contribution in [0.25, 0.3) is 66.8 Å². The largest absolute Gasteiger partial charge is 2.00 e. The van der Waals surface area contributed by atoms with Crippen molar-refractivity contribution in [2.24, 2.45) is 0 Å². The van der Waals surface area contributed by atoms with Crippen LogP contribution in [0.2, 0.25) is 0 Å². The van der Waals surface area contributed by atoms with Crippen LogP contribution in [0, 0.1) is 39.8 Å². The van der Waals surface area contributed by atoms with Gasteiger partial charge < -0.3 is 23.2 Å². The summed E-state index contributed by atoms with van der Waals surface area (Å²) in [4.78, 5) is 15.3. The quantitative estimate of drug-likeness (QED) is 0.101. The average Bonchev–Trinajstić information content (AvgIpc) is 3.85. The summed E-state index contributed by atoms with van der Waals surface area (Å²) in [5, 5.41) is 6.25. The molecular formula is C52H40B2N6OPt. The van der Waals surface area contributed by atoms with E-state index < -0.39 is 0 Å². The van der Waals surface area contributed by atoms with E-state index in [1.165, 1.54) is 33.2 Å². The molecule has 6 aromatic carbocycles. The number of hydrogen-bond donors (Lipinski definition) is 0. The number of ether oxygens (including phenoxy) is 1. The molecule has 10 heteroatoms. The molecule has 62 heavy (non-hydrogen) atoms. The monoisotopic (exact) mass is 981 g/mol. The predicted molar refractivity (Wildman–Crippen MR) is 254 cm³/mol. The molecule has 7 nitrogen and oxygen atoms in total. The van der Waals surface area contributed by atoms with Crippen LogP contribution < -0.4 is 26.8 Å². The van der Waals surface area contributed by atoms with Crippen molar-refractivity contribution in [3.8, 4) is 11.5 Å². The van der Waals surface area contributed by atoms with Crippen LogP contribution in [0.1, 0.15) is 33.6 Å². The Morgan fingerprint density at radius 1 is 0.484 bits per heavy atom. The average molecular weight is 982 g/mol. The maximum Gasteiger partial charge on any atom is 2.00 e. The fourth-order valence-electron chi connectivity index (χ4n) is 10.4. The van der Waals surface area contributed by atoms with Gasteiger partial charge in [0, 0.05) is 33.7 Å². The molecule has 4 aromatic heterocycles. The van der Waals surface area contributed by atoms with E-state index in [2.05, 4.69) is 194 Å². The van der Waals surface area contributed by atoms with Crippen molar-refractivity contribution >= 4 is 103 Å². The Bertz CT molecular complexity index is 3310. The van der Waals surface area contributed by atoms with Crippen LogP contribution in [0.4, 0.5) is 0 Å². The number of fused-ring (bicyclic) bond motifs is 16. The Hall–Kier alpha value is -6.56. The predicted octanol–water partition coefficient (Wildman–Crippen LogP) is 8.26. The summed E-state index contributed by atoms with van der Waals surface area (Å²) in [7, 11) is 4.31. The summed E-state index contributed by atoms with van der Waals surface area (Å²) in [5.41, 5.74) is 15.8. The maximum absolute atomic E-state index is 6.77. The van der Waals surface area contributed by atoms with Crippen molar-refractivity contribution in [1.29, 1.82) is 0 Å². The van der Waals surface area contributed by atoms with Gasteiger partial charge in [-0.05, 0) is 100 Å².